The van der Waals surface area contributed by atoms with E-state index in [-0.39, 0.29) is 0 Å². The highest BCUT2D eigenvalue weighted by Crippen LogP contribution is 2.31. The highest BCUT2D eigenvalue weighted by atomic mass is 16.5. The molecule has 0 atom stereocenters. The van der Waals surface area contributed by atoms with E-state index in [1.807, 2.05) is 35.9 Å². The van der Waals surface area contributed by atoms with Crippen molar-refractivity contribution in [2.75, 3.05) is 36.6 Å². The lowest BCUT2D eigenvalue weighted by Crippen LogP contribution is -2.36. The lowest BCUT2D eigenvalue weighted by atomic mass is 10.3. The molecule has 3 N–H and O–H groups in total. The van der Waals surface area contributed by atoms with Gasteiger partial charge in [-0.2, -0.15) is 0 Å². The zero-order valence-corrected chi connectivity index (χ0v) is 13.4. The average molecular weight is 325 g/mol. The van der Waals surface area contributed by atoms with Crippen LogP contribution in [-0.4, -0.2) is 45.8 Å². The topological polar surface area (TPSA) is 94.1 Å². The van der Waals surface area contributed by atoms with E-state index in [4.69, 9.17) is 15.6 Å². The molecule has 1 aliphatic heterocycles. The number of nitrogens with two attached hydrogens (primary N) is 1. The summed E-state index contributed by atoms with van der Waals surface area (Å²) in [6.07, 6.45) is 1.76. The summed E-state index contributed by atoms with van der Waals surface area (Å²) in [5.74, 6) is 7.00. The van der Waals surface area contributed by atoms with Crippen molar-refractivity contribution in [1.29, 1.82) is 0 Å². The molecule has 0 aromatic carbocycles. The van der Waals surface area contributed by atoms with Crippen molar-refractivity contribution in [3.8, 4) is 11.5 Å². The fourth-order valence-corrected chi connectivity index (χ4v) is 2.98. The number of aryl methyl sites for hydroxylation is 1. The Bertz CT molecular complexity index is 856. The smallest absolute Gasteiger partial charge is 0.164 e. The molecule has 0 spiro atoms. The summed E-state index contributed by atoms with van der Waals surface area (Å²) in [7, 11) is 1.94. The van der Waals surface area contributed by atoms with Crippen molar-refractivity contribution in [1.82, 2.24) is 19.5 Å². The number of hydrazine groups is 1. The van der Waals surface area contributed by atoms with Crippen molar-refractivity contribution >= 4 is 22.7 Å². The van der Waals surface area contributed by atoms with Gasteiger partial charge in [0.05, 0.1) is 18.9 Å². The number of morpholine rings is 1. The summed E-state index contributed by atoms with van der Waals surface area (Å²) in [5, 5.41) is 0. The van der Waals surface area contributed by atoms with Gasteiger partial charge in [-0.05, 0) is 12.1 Å². The number of hydrogen-bond acceptors (Lipinski definition) is 7. The fraction of sp³-hybridized carbons (Fsp3) is 0.312. The van der Waals surface area contributed by atoms with Crippen LogP contribution in [0.1, 0.15) is 0 Å². The maximum Gasteiger partial charge on any atom is 0.164 e. The highest BCUT2D eigenvalue weighted by Gasteiger charge is 2.21. The van der Waals surface area contributed by atoms with Crippen LogP contribution >= 0.6 is 0 Å². The van der Waals surface area contributed by atoms with Gasteiger partial charge in [0.2, 0.25) is 0 Å². The van der Waals surface area contributed by atoms with Gasteiger partial charge in [0.15, 0.2) is 11.5 Å². The summed E-state index contributed by atoms with van der Waals surface area (Å²) in [5.41, 5.74) is 6.09. The SMILES string of the molecule is Cn1c(-c2ccccn2)nc2c(N3CCOCC3)cc(NN)nc21. The van der Waals surface area contributed by atoms with E-state index in [9.17, 15) is 0 Å². The first-order valence-corrected chi connectivity index (χ1v) is 7.86. The average Bonchev–Trinajstić information content (AvgIpc) is 2.99. The number of aromatic nitrogens is 4. The minimum atomic E-state index is 0.611. The Kier molecular flexibility index (Phi) is 3.75. The summed E-state index contributed by atoms with van der Waals surface area (Å²) >= 11 is 0. The van der Waals surface area contributed by atoms with E-state index in [0.29, 0.717) is 19.0 Å². The van der Waals surface area contributed by atoms with Crippen LogP contribution in [0.2, 0.25) is 0 Å². The van der Waals surface area contributed by atoms with Gasteiger partial charge >= 0.3 is 0 Å². The Morgan fingerprint density at radius 2 is 2.04 bits per heavy atom. The lowest BCUT2D eigenvalue weighted by molar-refractivity contribution is 0.123. The van der Waals surface area contributed by atoms with E-state index in [1.54, 1.807) is 6.20 Å². The predicted octanol–water partition coefficient (Wildman–Crippen LogP) is 1.15. The number of hydrogen-bond donors (Lipinski definition) is 2. The molecule has 3 aromatic heterocycles. The Hall–Kier alpha value is -2.71. The number of pyridine rings is 2. The second kappa shape index (κ2) is 6.06. The van der Waals surface area contributed by atoms with E-state index >= 15 is 0 Å². The standard InChI is InChI=1S/C16H19N7O/c1-22-15(11-4-2-3-5-18-11)20-14-12(23-6-8-24-9-7-23)10-13(21-17)19-16(14)22/h2-5,10H,6-9,17H2,1H3,(H,19,21). The van der Waals surface area contributed by atoms with Crippen LogP contribution in [0.25, 0.3) is 22.7 Å². The molecule has 0 bridgehead atoms. The molecule has 24 heavy (non-hydrogen) atoms. The number of imidazole rings is 1. The first-order valence-electron chi connectivity index (χ1n) is 7.86. The molecular weight excluding hydrogens is 306 g/mol. The van der Waals surface area contributed by atoms with Gasteiger partial charge < -0.3 is 19.6 Å². The fourth-order valence-electron chi connectivity index (χ4n) is 2.98. The van der Waals surface area contributed by atoms with E-state index in [0.717, 1.165) is 41.5 Å². The van der Waals surface area contributed by atoms with Gasteiger partial charge in [0.25, 0.3) is 0 Å². The first kappa shape index (κ1) is 14.9. The molecule has 3 aromatic rings. The summed E-state index contributed by atoms with van der Waals surface area (Å²) in [6, 6.07) is 7.71. The number of ether oxygens (including phenoxy) is 1. The molecule has 0 amide bonds. The molecule has 0 saturated carbocycles. The van der Waals surface area contributed by atoms with E-state index in [2.05, 4.69) is 20.3 Å². The second-order valence-corrected chi connectivity index (χ2v) is 5.65. The largest absolute Gasteiger partial charge is 0.378 e. The quantitative estimate of drug-likeness (QED) is 0.551. The maximum atomic E-state index is 5.61. The Morgan fingerprint density at radius 3 is 2.75 bits per heavy atom. The molecule has 0 radical (unpaired) electrons. The van der Waals surface area contributed by atoms with E-state index in [1.165, 1.54) is 0 Å². The van der Waals surface area contributed by atoms with Gasteiger partial charge in [-0.3, -0.25) is 4.98 Å². The molecule has 0 unspecified atom stereocenters. The molecule has 1 aliphatic rings. The van der Waals surface area contributed by atoms with Crippen molar-refractivity contribution in [2.24, 2.45) is 12.9 Å². The first-order chi connectivity index (χ1) is 11.8. The van der Waals surface area contributed by atoms with Gasteiger partial charge in [0.1, 0.15) is 17.0 Å². The van der Waals surface area contributed by atoms with Gasteiger partial charge in [-0.1, -0.05) is 6.07 Å². The van der Waals surface area contributed by atoms with Crippen molar-refractivity contribution < 1.29 is 4.74 Å². The monoisotopic (exact) mass is 325 g/mol. The maximum absolute atomic E-state index is 5.61. The zero-order chi connectivity index (χ0) is 16.5. The molecule has 0 aliphatic carbocycles. The summed E-state index contributed by atoms with van der Waals surface area (Å²) in [6.45, 7) is 3.04. The number of nitrogens with zero attached hydrogens (tertiary/aromatic N) is 5. The predicted molar refractivity (Wildman–Crippen MR) is 92.6 cm³/mol. The third kappa shape index (κ3) is 2.45. The molecule has 4 heterocycles. The summed E-state index contributed by atoms with van der Waals surface area (Å²) < 4.78 is 7.40. The third-order valence-electron chi connectivity index (χ3n) is 4.20. The van der Waals surface area contributed by atoms with Crippen LogP contribution in [0.4, 0.5) is 11.5 Å². The summed E-state index contributed by atoms with van der Waals surface area (Å²) in [4.78, 5) is 16.1. The Morgan fingerprint density at radius 1 is 1.21 bits per heavy atom. The van der Waals surface area contributed by atoms with Crippen molar-refractivity contribution in [3.05, 3.63) is 30.5 Å². The molecule has 1 saturated heterocycles. The number of rotatable bonds is 3. The molecule has 1 fully saturated rings. The third-order valence-corrected chi connectivity index (χ3v) is 4.20. The molecule has 124 valence electrons. The van der Waals surface area contributed by atoms with Gasteiger partial charge in [0, 0.05) is 32.4 Å². The van der Waals surface area contributed by atoms with Crippen molar-refractivity contribution in [3.63, 3.8) is 0 Å². The van der Waals surface area contributed by atoms with Crippen LogP contribution in [0.5, 0.6) is 0 Å². The molecule has 8 heteroatoms. The Balaban J connectivity index is 1.91. The van der Waals surface area contributed by atoms with Crippen molar-refractivity contribution in [2.45, 2.75) is 0 Å². The highest BCUT2D eigenvalue weighted by molar-refractivity contribution is 5.91. The van der Waals surface area contributed by atoms with Crippen LogP contribution in [0.3, 0.4) is 0 Å². The molecule has 8 nitrogen and oxygen atoms in total. The number of fused-ring (bicyclic) bond motifs is 1. The van der Waals surface area contributed by atoms with Gasteiger partial charge in [-0.15, -0.1) is 0 Å². The number of anilines is 2. The molecular formula is C16H19N7O. The van der Waals surface area contributed by atoms with Crippen LogP contribution in [0, 0.1) is 0 Å². The van der Waals surface area contributed by atoms with Gasteiger partial charge in [-0.25, -0.2) is 15.8 Å². The zero-order valence-electron chi connectivity index (χ0n) is 13.4. The van der Waals surface area contributed by atoms with E-state index < -0.39 is 0 Å². The number of nitrogen functional groups attached to an aromatic ring is 1. The second-order valence-electron chi connectivity index (χ2n) is 5.65. The van der Waals surface area contributed by atoms with Crippen LogP contribution in [-0.2, 0) is 11.8 Å². The normalized spacial score (nSPS) is 15.0. The number of nitrogens with one attached hydrogen (secondary N) is 1. The van der Waals surface area contributed by atoms with Crippen LogP contribution < -0.4 is 16.2 Å². The molecule has 4 rings (SSSR count). The van der Waals surface area contributed by atoms with Crippen LogP contribution in [0.15, 0.2) is 30.5 Å². The minimum absolute atomic E-state index is 0.611. The lowest BCUT2D eigenvalue weighted by Gasteiger charge is -2.29. The Labute approximate surface area is 139 Å². The minimum Gasteiger partial charge on any atom is -0.378 e.